The highest BCUT2D eigenvalue weighted by atomic mass is 16.4. The fourth-order valence-corrected chi connectivity index (χ4v) is 15.1. The van der Waals surface area contributed by atoms with Gasteiger partial charge >= 0.3 is 0 Å². The number of aromatic nitrogens is 8. The minimum Gasteiger partial charge on any atom is -0.437 e. The van der Waals surface area contributed by atoms with E-state index >= 15 is 0 Å². The maximum absolute atomic E-state index is 8.75. The van der Waals surface area contributed by atoms with Crippen molar-refractivity contribution < 1.29 is 66.1 Å². The van der Waals surface area contributed by atoms with Crippen molar-refractivity contribution in [3.8, 4) is 45.0 Å². The molecule has 1 unspecified atom stereocenters. The van der Waals surface area contributed by atoms with E-state index in [0.717, 1.165) is 141 Å². The van der Waals surface area contributed by atoms with Gasteiger partial charge < -0.3 is 17.7 Å². The molecule has 1 atom stereocenters. The molecule has 0 N–H and O–H groups in total. The Morgan fingerprint density at radius 3 is 0.904 bits per heavy atom. The van der Waals surface area contributed by atoms with Crippen LogP contribution in [0.1, 0.15) is 228 Å². The maximum atomic E-state index is 8.75. The summed E-state index contributed by atoms with van der Waals surface area (Å²) >= 11 is 0. The summed E-state index contributed by atoms with van der Waals surface area (Å²) in [4.78, 5) is 18.7. The van der Waals surface area contributed by atoms with Crippen LogP contribution < -0.4 is 18.3 Å². The minimum absolute atomic E-state index is 0.0233. The number of rotatable bonds is 16. The zero-order valence-corrected chi connectivity index (χ0v) is 69.6. The smallest absolute Gasteiger partial charge is 0.227 e. The highest BCUT2D eigenvalue weighted by Gasteiger charge is 2.29. The molecule has 0 bridgehead atoms. The zero-order valence-electron chi connectivity index (χ0n) is 91.6. The first-order chi connectivity index (χ1) is 63.0. The molecular weight excluding hydrogens is 1400 g/mol. The number of hydrogen-bond acceptors (Lipinski definition) is 8. The lowest BCUT2D eigenvalue weighted by Crippen LogP contribution is -2.32. The van der Waals surface area contributed by atoms with Gasteiger partial charge in [0.25, 0.3) is 0 Å². The van der Waals surface area contributed by atoms with Gasteiger partial charge in [0.15, 0.2) is 47.1 Å². The summed E-state index contributed by atoms with van der Waals surface area (Å²) in [5.74, 6) is -2.51. The van der Waals surface area contributed by atoms with Crippen LogP contribution in [0.15, 0.2) is 164 Å². The van der Waals surface area contributed by atoms with Gasteiger partial charge in [-0.05, 0) is 222 Å². The van der Waals surface area contributed by atoms with Crippen molar-refractivity contribution >= 4 is 88.3 Å². The third kappa shape index (κ3) is 16.4. The van der Waals surface area contributed by atoms with E-state index < -0.39 is 71.1 Å². The monoisotopic (exact) mass is 1540 g/mol. The summed E-state index contributed by atoms with van der Waals surface area (Å²) in [6.07, 6.45) is 1.89. The van der Waals surface area contributed by atoms with E-state index in [0.29, 0.717) is 86.1 Å². The lowest BCUT2D eigenvalue weighted by molar-refractivity contribution is -0.660. The standard InChI is InChI=1S/2C26H31N2O.2C25H29N2O/c2*1-15(2)12-19-13-23(28(7)14-18(19)6)24-17(5)8-9-20-21-10-11-22(16(3)4)27-26(21)29-25(20)24;2*1-7-19-9-11-21-20-10-8-16(4)23(24(20)28-25(21)26-19)22-13-18(12-15(2)3)17(5)14-27(22)6/h2*8-11,13-16H,12H2,1-7H3;2*8-11,13-15H,7,12H2,1-6H3/q4*+1/i6D3,12D2;6D3;2D3,5D3,12D2,15D;5D3,12D2. The molecule has 0 fully saturated rings. The first-order valence-corrected chi connectivity index (χ1v) is 39.4. The Labute approximate surface area is 706 Å². The molecule has 0 saturated carbocycles. The third-order valence-electron chi connectivity index (χ3n) is 21.0. The Kier molecular flexibility index (Phi) is 16.8. The number of hydrogen-bond donors (Lipinski definition) is 0. The molecule has 0 saturated heterocycles. The number of furan rings is 4. The van der Waals surface area contributed by atoms with E-state index in [4.69, 9.17) is 57.8 Å². The molecule has 12 heteroatoms. The highest BCUT2D eigenvalue weighted by Crippen LogP contribution is 2.43. The van der Waals surface area contributed by atoms with Gasteiger partial charge in [0.2, 0.25) is 45.6 Å². The van der Waals surface area contributed by atoms with Crippen molar-refractivity contribution in [2.45, 2.75) is 202 Å². The Hall–Kier alpha value is -10.7. The Morgan fingerprint density at radius 2 is 0.623 bits per heavy atom. The van der Waals surface area contributed by atoms with Crippen molar-refractivity contribution in [3.63, 3.8) is 0 Å². The molecule has 588 valence electrons. The molecule has 16 aromatic rings. The van der Waals surface area contributed by atoms with Crippen molar-refractivity contribution in [1.29, 1.82) is 0 Å². The molecule has 0 amide bonds. The van der Waals surface area contributed by atoms with E-state index in [-0.39, 0.29) is 39.3 Å². The largest absolute Gasteiger partial charge is 0.437 e. The van der Waals surface area contributed by atoms with Gasteiger partial charge in [-0.1, -0.05) is 145 Å². The van der Waals surface area contributed by atoms with Crippen LogP contribution in [0.3, 0.4) is 0 Å². The molecule has 12 heterocycles. The van der Waals surface area contributed by atoms with Gasteiger partial charge in [-0.3, -0.25) is 0 Å². The quantitative estimate of drug-likeness (QED) is 0.0878. The van der Waals surface area contributed by atoms with Crippen LogP contribution in [-0.4, -0.2) is 19.9 Å². The van der Waals surface area contributed by atoms with Gasteiger partial charge in [0, 0.05) is 143 Å². The first-order valence-electron chi connectivity index (χ1n) is 50.4. The third-order valence-corrected chi connectivity index (χ3v) is 21.0. The summed E-state index contributed by atoms with van der Waals surface area (Å²) in [6, 6.07) is 38.9. The lowest BCUT2D eigenvalue weighted by atomic mass is 9.95. The topological polar surface area (TPSA) is 120 Å². The predicted molar refractivity (Wildman–Crippen MR) is 472 cm³/mol. The summed E-state index contributed by atoms with van der Waals surface area (Å²) in [7, 11) is 7.12. The van der Waals surface area contributed by atoms with Crippen LogP contribution in [0.25, 0.3) is 133 Å². The molecule has 12 nitrogen and oxygen atoms in total. The second-order valence-electron chi connectivity index (χ2n) is 31.9. The number of aryl methyl sites for hydroxylation is 14. The van der Waals surface area contributed by atoms with E-state index in [1.54, 1.807) is 80.9 Å². The molecule has 0 spiro atoms. The molecular formula is C102H120N8O4+4. The van der Waals surface area contributed by atoms with Gasteiger partial charge in [-0.2, -0.15) is 0 Å². The van der Waals surface area contributed by atoms with Gasteiger partial charge in [0.05, 0.1) is 22.3 Å². The molecule has 0 aliphatic heterocycles. The Bertz CT molecular complexity index is 7320. The SMILES string of the molecule is [2H]C([2H])([2H])c1c[n+](C)c(-c2c(C)ccc3c2oc2nc(C(C)C)ccc23)cc1C([2H])([2H])C(C)C.[2H]C([2H])([2H])c1c[n+](C)c(-c2c(C)ccc3c2oc2nc(C(C)C)ccc23)cc1CC(C)C.[2H]C([2H])([2H])c1c[n+](C)c(-c2c(C)ccc3c2oc2nc(CC)ccc23)cc1C([2H])([2H])C(C)C.[2H]C([2H])([2H])c1c[n+](C)c(-c2c(C)ccc3c2oc2nc(CC)ccc23)cc1C([2H])([2H])C([2H])(C)C([2H])([2H])[2H]. The van der Waals surface area contributed by atoms with Crippen LogP contribution in [0.5, 0.6) is 0 Å². The van der Waals surface area contributed by atoms with E-state index in [2.05, 4.69) is 82.7 Å². The van der Waals surface area contributed by atoms with Crippen molar-refractivity contribution in [3.05, 3.63) is 236 Å². The van der Waals surface area contributed by atoms with Crippen LogP contribution in [0, 0.1) is 78.8 Å². The molecule has 4 aromatic carbocycles. The van der Waals surface area contributed by atoms with Crippen LogP contribution >= 0.6 is 0 Å². The fourth-order valence-electron chi connectivity index (χ4n) is 15.1. The average Bonchev–Trinajstić information content (AvgIpc) is 1.09. The van der Waals surface area contributed by atoms with Crippen molar-refractivity contribution in [2.75, 3.05) is 0 Å². The average molecular weight is 1540 g/mol. The van der Waals surface area contributed by atoms with Crippen LogP contribution in [0.4, 0.5) is 0 Å². The summed E-state index contributed by atoms with van der Waals surface area (Å²) in [6.45, 7) is 19.8. The normalized spacial score (nSPS) is 16.2. The van der Waals surface area contributed by atoms with E-state index in [1.807, 2.05) is 125 Å². The summed E-state index contributed by atoms with van der Waals surface area (Å²) in [5.41, 5.74) is 19.3. The maximum Gasteiger partial charge on any atom is 0.227 e. The molecule has 114 heavy (non-hydrogen) atoms. The van der Waals surface area contributed by atoms with E-state index in [1.165, 1.54) is 24.7 Å². The molecule has 0 radical (unpaired) electrons. The van der Waals surface area contributed by atoms with Gasteiger partial charge in [0.1, 0.15) is 28.2 Å². The van der Waals surface area contributed by atoms with Crippen molar-refractivity contribution in [1.82, 2.24) is 19.9 Å². The lowest BCUT2D eigenvalue weighted by Gasteiger charge is -2.11. The number of fused-ring (bicyclic) bond motifs is 12. The zero-order chi connectivity index (χ0) is 101. The fraction of sp³-hybridized carbons (Fsp3) is 0.373. The minimum atomic E-state index is -3.02. The Morgan fingerprint density at radius 1 is 0.342 bits per heavy atom. The summed E-state index contributed by atoms with van der Waals surface area (Å²) in [5, 5.41) is 7.31. The van der Waals surface area contributed by atoms with E-state index in [9.17, 15) is 0 Å². The van der Waals surface area contributed by atoms with Gasteiger partial charge in [-0.15, -0.1) is 0 Å². The van der Waals surface area contributed by atoms with Crippen LogP contribution in [-0.2, 0) is 66.6 Å². The summed E-state index contributed by atoms with van der Waals surface area (Å²) < 4.78 is 213. The first kappa shape index (κ1) is 57.3. The van der Waals surface area contributed by atoms with Gasteiger partial charge in [-0.25, -0.2) is 38.2 Å². The molecule has 0 aliphatic rings. The number of benzene rings is 4. The molecule has 16 rings (SSSR count). The predicted octanol–water partition coefficient (Wildman–Crippen LogP) is 24.5. The second kappa shape index (κ2) is 33.4. The van der Waals surface area contributed by atoms with Crippen LogP contribution in [0.2, 0.25) is 0 Å². The Balaban J connectivity index is 0.000000154. The molecule has 12 aromatic heterocycles. The number of nitrogens with zero attached hydrogens (tertiary/aromatic N) is 8. The van der Waals surface area contributed by atoms with Crippen molar-refractivity contribution in [2.24, 2.45) is 51.8 Å². The molecule has 0 aliphatic carbocycles. The highest BCUT2D eigenvalue weighted by molar-refractivity contribution is 6.12. The number of pyridine rings is 8. The second-order valence-corrected chi connectivity index (χ2v) is 31.9.